The summed E-state index contributed by atoms with van der Waals surface area (Å²) in [6.45, 7) is 8.14. The Morgan fingerprint density at radius 2 is 1.83 bits per heavy atom. The first-order valence-corrected chi connectivity index (χ1v) is 10.2. The predicted molar refractivity (Wildman–Crippen MR) is 115 cm³/mol. The van der Waals surface area contributed by atoms with Crippen LogP contribution in [-0.4, -0.2) is 43.6 Å². The normalized spacial score (nSPS) is 15.7. The van der Waals surface area contributed by atoms with Gasteiger partial charge in [0, 0.05) is 23.5 Å². The molecule has 0 saturated carbocycles. The number of amides is 1. The third-order valence-electron chi connectivity index (χ3n) is 5.68. The summed E-state index contributed by atoms with van der Waals surface area (Å²) in [5, 5.41) is 13.9. The molecule has 0 radical (unpaired) electrons. The lowest BCUT2D eigenvalue weighted by atomic mass is 9.97. The second-order valence-corrected chi connectivity index (χ2v) is 7.63. The van der Waals surface area contributed by atoms with Gasteiger partial charge < -0.3 is 15.1 Å². The van der Waals surface area contributed by atoms with E-state index in [0.29, 0.717) is 12.5 Å². The quantitative estimate of drug-likeness (QED) is 0.556. The molecule has 0 spiro atoms. The van der Waals surface area contributed by atoms with Crippen molar-refractivity contribution < 1.29 is 14.6 Å². The Morgan fingerprint density at radius 3 is 2.45 bits per heavy atom. The molecule has 29 heavy (non-hydrogen) atoms. The molecule has 1 atom stereocenters. The van der Waals surface area contributed by atoms with E-state index in [1.165, 1.54) is 22.6 Å². The van der Waals surface area contributed by atoms with Crippen molar-refractivity contribution in [2.24, 2.45) is 0 Å². The molecule has 1 fully saturated rings. The van der Waals surface area contributed by atoms with Crippen LogP contribution in [0, 0.1) is 10.1 Å². The third kappa shape index (κ3) is 5.32. The first-order valence-electron chi connectivity index (χ1n) is 10.2. The minimum absolute atomic E-state index is 0.0412. The topological polar surface area (TPSA) is 79.9 Å². The first kappa shape index (κ1) is 20.8. The third-order valence-corrected chi connectivity index (χ3v) is 5.68. The molecule has 7 nitrogen and oxygen atoms in total. The van der Waals surface area contributed by atoms with Crippen LogP contribution in [0.5, 0.6) is 0 Å². The van der Waals surface area contributed by atoms with Gasteiger partial charge in [0.05, 0.1) is 31.1 Å². The number of carbonyl (C=O) groups is 1. The number of benzene rings is 2. The molecule has 2 N–H and O–H groups in total. The largest absolute Gasteiger partial charge is 0.360 e. The van der Waals surface area contributed by atoms with Gasteiger partial charge in [-0.2, -0.15) is 0 Å². The van der Waals surface area contributed by atoms with Crippen molar-refractivity contribution in [2.75, 3.05) is 42.9 Å². The highest BCUT2D eigenvalue weighted by Gasteiger charge is 2.23. The van der Waals surface area contributed by atoms with Crippen LogP contribution in [0.3, 0.4) is 0 Å². The second-order valence-electron chi connectivity index (χ2n) is 7.63. The Morgan fingerprint density at radius 1 is 1.17 bits per heavy atom. The van der Waals surface area contributed by atoms with Gasteiger partial charge in [-0.05, 0) is 36.1 Å². The summed E-state index contributed by atoms with van der Waals surface area (Å²) in [6.07, 6.45) is 1.03. The number of nitro groups is 1. The van der Waals surface area contributed by atoms with Gasteiger partial charge in [0.1, 0.15) is 0 Å². The zero-order chi connectivity index (χ0) is 20.8. The first-order chi connectivity index (χ1) is 14.0. The van der Waals surface area contributed by atoms with Crippen LogP contribution in [0.25, 0.3) is 0 Å². The van der Waals surface area contributed by atoms with Gasteiger partial charge >= 0.3 is 0 Å². The number of hydrogen-bond acceptors (Lipinski definition) is 4. The van der Waals surface area contributed by atoms with E-state index in [1.807, 2.05) is 18.2 Å². The van der Waals surface area contributed by atoms with Gasteiger partial charge in [-0.3, -0.25) is 14.9 Å². The predicted octanol–water partition coefficient (Wildman–Crippen LogP) is 2.45. The van der Waals surface area contributed by atoms with E-state index < -0.39 is 0 Å². The Labute approximate surface area is 171 Å². The molecule has 1 aliphatic rings. The summed E-state index contributed by atoms with van der Waals surface area (Å²) in [6, 6.07) is 14.7. The summed E-state index contributed by atoms with van der Waals surface area (Å²) in [4.78, 5) is 26.5. The van der Waals surface area contributed by atoms with Crippen LogP contribution in [0.4, 0.5) is 17.1 Å². The molecule has 2 aromatic carbocycles. The number of nitro benzene ring substituents is 1. The maximum Gasteiger partial charge on any atom is 0.279 e. The second kappa shape index (κ2) is 9.52. The number of anilines is 2. The molecule has 7 heteroatoms. The van der Waals surface area contributed by atoms with Crippen molar-refractivity contribution in [2.45, 2.75) is 26.2 Å². The maximum atomic E-state index is 12.6. The summed E-state index contributed by atoms with van der Waals surface area (Å²) in [7, 11) is 0. The van der Waals surface area contributed by atoms with Gasteiger partial charge in [0.25, 0.3) is 11.6 Å². The Kier molecular flexibility index (Phi) is 6.82. The average molecular weight is 397 g/mol. The minimum Gasteiger partial charge on any atom is -0.360 e. The number of carbonyl (C=O) groups excluding carboxylic acids is 1. The van der Waals surface area contributed by atoms with E-state index in [4.69, 9.17) is 0 Å². The van der Waals surface area contributed by atoms with E-state index in [9.17, 15) is 14.9 Å². The van der Waals surface area contributed by atoms with Crippen LogP contribution in [0.1, 0.15) is 31.7 Å². The van der Waals surface area contributed by atoms with E-state index >= 15 is 0 Å². The lowest BCUT2D eigenvalue weighted by Gasteiger charge is -2.33. The van der Waals surface area contributed by atoms with Crippen LogP contribution >= 0.6 is 0 Å². The lowest BCUT2D eigenvalue weighted by molar-refractivity contribution is -0.892. The van der Waals surface area contributed by atoms with Crippen molar-refractivity contribution >= 4 is 23.0 Å². The number of nitrogens with zero attached hydrogens (tertiary/aromatic N) is 2. The molecule has 1 amide bonds. The summed E-state index contributed by atoms with van der Waals surface area (Å²) >= 11 is 0. The van der Waals surface area contributed by atoms with Crippen LogP contribution in [0.2, 0.25) is 0 Å². The number of para-hydroxylation sites is 1. The highest BCUT2D eigenvalue weighted by molar-refractivity contribution is 5.92. The standard InChI is InChI=1S/C22H28N4O3/c1-3-17(2)20-6-4-5-7-21(20)23-22(27)16-24-12-14-25(15-13-24)18-8-10-19(11-9-18)26(28)29/h4-11,17H,3,12-16H2,1-2H3,(H,23,27)/p+1/t17-/m1/s1. The van der Waals surface area contributed by atoms with Crippen LogP contribution in [0.15, 0.2) is 48.5 Å². The van der Waals surface area contributed by atoms with E-state index in [-0.39, 0.29) is 16.5 Å². The summed E-state index contributed by atoms with van der Waals surface area (Å²) in [5.74, 6) is 0.448. The minimum atomic E-state index is -0.385. The van der Waals surface area contributed by atoms with Gasteiger partial charge in [0.2, 0.25) is 0 Å². The monoisotopic (exact) mass is 397 g/mol. The molecule has 0 bridgehead atoms. The van der Waals surface area contributed by atoms with Crippen molar-refractivity contribution in [1.82, 2.24) is 0 Å². The fourth-order valence-corrected chi connectivity index (χ4v) is 3.73. The number of non-ortho nitro benzene ring substituents is 1. The van der Waals surface area contributed by atoms with E-state index in [0.717, 1.165) is 44.0 Å². The maximum absolute atomic E-state index is 12.6. The van der Waals surface area contributed by atoms with E-state index in [2.05, 4.69) is 30.1 Å². The van der Waals surface area contributed by atoms with Gasteiger partial charge in [0.15, 0.2) is 6.54 Å². The van der Waals surface area contributed by atoms with Crippen LogP contribution in [-0.2, 0) is 4.79 Å². The zero-order valence-electron chi connectivity index (χ0n) is 17.1. The molecule has 0 aromatic heterocycles. The molecular formula is C22H29N4O3+. The van der Waals surface area contributed by atoms with Crippen molar-refractivity contribution in [3.63, 3.8) is 0 Å². The molecule has 154 valence electrons. The fourth-order valence-electron chi connectivity index (χ4n) is 3.73. The van der Waals surface area contributed by atoms with Gasteiger partial charge in [-0.25, -0.2) is 0 Å². The smallest absolute Gasteiger partial charge is 0.279 e. The van der Waals surface area contributed by atoms with Crippen molar-refractivity contribution in [3.8, 4) is 0 Å². The number of nitrogens with one attached hydrogen (secondary N) is 2. The molecule has 1 aliphatic heterocycles. The Balaban J connectivity index is 1.52. The highest BCUT2D eigenvalue weighted by Crippen LogP contribution is 2.26. The molecule has 0 unspecified atom stereocenters. The van der Waals surface area contributed by atoms with Gasteiger partial charge in [-0.15, -0.1) is 0 Å². The van der Waals surface area contributed by atoms with Crippen molar-refractivity contribution in [1.29, 1.82) is 0 Å². The summed E-state index contributed by atoms with van der Waals surface area (Å²) < 4.78 is 0. The molecular weight excluding hydrogens is 368 g/mol. The number of rotatable bonds is 7. The average Bonchev–Trinajstić information content (AvgIpc) is 2.74. The lowest BCUT2D eigenvalue weighted by Crippen LogP contribution is -3.15. The SMILES string of the molecule is CC[C@@H](C)c1ccccc1NC(=O)C[NH+]1CCN(c2ccc([N+](=O)[O-])cc2)CC1. The Hall–Kier alpha value is -2.93. The molecule has 1 heterocycles. The summed E-state index contributed by atoms with van der Waals surface area (Å²) in [5.41, 5.74) is 3.19. The number of piperazine rings is 1. The van der Waals surface area contributed by atoms with E-state index in [1.54, 1.807) is 12.1 Å². The zero-order valence-corrected chi connectivity index (χ0v) is 17.1. The number of hydrogen-bond donors (Lipinski definition) is 2. The molecule has 2 aromatic rings. The molecule has 3 rings (SSSR count). The van der Waals surface area contributed by atoms with Crippen LogP contribution < -0.4 is 15.1 Å². The molecule has 1 saturated heterocycles. The fraction of sp³-hybridized carbons (Fsp3) is 0.409. The highest BCUT2D eigenvalue weighted by atomic mass is 16.6. The number of quaternary nitrogens is 1. The molecule has 0 aliphatic carbocycles. The Bertz CT molecular complexity index is 845. The van der Waals surface area contributed by atoms with Gasteiger partial charge in [-0.1, -0.05) is 32.0 Å². The van der Waals surface area contributed by atoms with Crippen molar-refractivity contribution in [3.05, 3.63) is 64.2 Å².